The number of halogens is 1. The minimum atomic E-state index is -2.93. The molecule has 2 rings (SSSR count). The number of carbonyl (C=O) groups is 1. The van der Waals surface area contributed by atoms with Gasteiger partial charge in [0.2, 0.25) is 0 Å². The van der Waals surface area contributed by atoms with Crippen LogP contribution in [0, 0.1) is 5.41 Å². The molecule has 0 aliphatic carbocycles. The van der Waals surface area contributed by atoms with E-state index in [-0.39, 0.29) is 36.5 Å². The molecule has 0 radical (unpaired) electrons. The first kappa shape index (κ1) is 26.3. The molecule has 2 heterocycles. The Balaban J connectivity index is 1.85. The molecule has 0 saturated carbocycles. The largest absolute Gasteiger partial charge is 0.395 e. The lowest BCUT2D eigenvalue weighted by molar-refractivity contribution is -0.119. The van der Waals surface area contributed by atoms with E-state index < -0.39 is 42.7 Å². The van der Waals surface area contributed by atoms with E-state index in [4.69, 9.17) is 36.2 Å². The molecule has 31 heavy (non-hydrogen) atoms. The molecule has 1 aromatic heterocycles. The van der Waals surface area contributed by atoms with Gasteiger partial charge in [0, 0.05) is 11.9 Å². The molecule has 176 valence electrons. The van der Waals surface area contributed by atoms with Crippen LogP contribution in [-0.4, -0.2) is 67.5 Å². The minimum absolute atomic E-state index is 0.00780. The number of aliphatic hydroxyl groups excluding tert-OH is 2. The molecule has 0 amide bonds. The maximum atomic E-state index is 12.1. The van der Waals surface area contributed by atoms with Crippen LogP contribution in [0.3, 0.4) is 0 Å². The zero-order chi connectivity index (χ0) is 23.4. The number of thioether (sulfide) groups is 1. The predicted molar refractivity (Wildman–Crippen MR) is 116 cm³/mol. The van der Waals surface area contributed by atoms with Gasteiger partial charge >= 0.3 is 13.9 Å². The van der Waals surface area contributed by atoms with E-state index in [9.17, 15) is 19.3 Å². The van der Waals surface area contributed by atoms with Crippen molar-refractivity contribution in [3.63, 3.8) is 0 Å². The van der Waals surface area contributed by atoms with E-state index in [1.54, 1.807) is 13.8 Å². The van der Waals surface area contributed by atoms with Gasteiger partial charge in [-0.15, -0.1) is 11.6 Å². The summed E-state index contributed by atoms with van der Waals surface area (Å²) in [5.41, 5.74) is 3.92. The third kappa shape index (κ3) is 6.52. The number of nitrogen functional groups attached to an aromatic ring is 1. The number of alkyl halides is 1. The fourth-order valence-corrected chi connectivity index (χ4v) is 4.57. The van der Waals surface area contributed by atoms with Gasteiger partial charge in [-0.05, 0) is 26.8 Å². The number of aliphatic hydroxyl groups is 2. The highest BCUT2D eigenvalue weighted by atomic mass is 35.5. The van der Waals surface area contributed by atoms with Crippen molar-refractivity contribution in [2.24, 2.45) is 5.41 Å². The summed E-state index contributed by atoms with van der Waals surface area (Å²) in [7, 11) is -2.93. The van der Waals surface area contributed by atoms with Gasteiger partial charge in [-0.1, -0.05) is 11.8 Å². The highest BCUT2D eigenvalue weighted by molar-refractivity contribution is 8.13. The van der Waals surface area contributed by atoms with Crippen LogP contribution >= 0.6 is 31.6 Å². The number of carbonyl (C=O) groups excluding carboxylic acids is 1. The Kier molecular flexibility index (Phi) is 9.12. The van der Waals surface area contributed by atoms with Crippen LogP contribution in [0.4, 0.5) is 5.82 Å². The average Bonchev–Trinajstić information content (AvgIpc) is 2.92. The molecular weight excluding hydrogens is 473 g/mol. The first-order valence-electron chi connectivity index (χ1n) is 9.35. The number of anilines is 1. The lowest BCUT2D eigenvalue weighted by atomic mass is 9.97. The second-order valence-corrected chi connectivity index (χ2v) is 10.7. The van der Waals surface area contributed by atoms with Crippen molar-refractivity contribution in [2.75, 3.05) is 31.3 Å². The molecule has 1 aromatic rings. The van der Waals surface area contributed by atoms with Crippen molar-refractivity contribution in [2.45, 2.75) is 44.1 Å². The van der Waals surface area contributed by atoms with Crippen molar-refractivity contribution < 1.29 is 33.4 Å². The Bertz CT molecular complexity index is 868. The summed E-state index contributed by atoms with van der Waals surface area (Å²) >= 11 is 7.38. The van der Waals surface area contributed by atoms with Crippen LogP contribution in [-0.2, 0) is 23.1 Å². The smallest absolute Gasteiger partial charge is 0.351 e. The second-order valence-electron chi connectivity index (χ2n) is 7.75. The molecule has 5 atom stereocenters. The van der Waals surface area contributed by atoms with Crippen molar-refractivity contribution in [3.8, 4) is 0 Å². The molecule has 0 spiro atoms. The zero-order valence-electron chi connectivity index (χ0n) is 17.3. The third-order valence-electron chi connectivity index (χ3n) is 4.67. The number of hydrogen-bond donors (Lipinski definition) is 3. The molecule has 1 saturated heterocycles. The van der Waals surface area contributed by atoms with Crippen molar-refractivity contribution >= 4 is 42.6 Å². The van der Waals surface area contributed by atoms with E-state index in [1.807, 2.05) is 0 Å². The van der Waals surface area contributed by atoms with Crippen LogP contribution in [0.25, 0.3) is 0 Å². The quantitative estimate of drug-likeness (QED) is 0.237. The topological polar surface area (TPSA) is 163 Å². The molecule has 4 N–H and O–H groups in total. The van der Waals surface area contributed by atoms with Gasteiger partial charge in [0.25, 0.3) is 0 Å². The first-order chi connectivity index (χ1) is 14.4. The van der Waals surface area contributed by atoms with Gasteiger partial charge in [0.05, 0.1) is 25.2 Å². The van der Waals surface area contributed by atoms with Crippen molar-refractivity contribution in [3.05, 3.63) is 22.7 Å². The Morgan fingerprint density at radius 3 is 2.81 bits per heavy atom. The summed E-state index contributed by atoms with van der Waals surface area (Å²) in [5, 5.41) is 19.4. The second kappa shape index (κ2) is 10.8. The number of aromatic nitrogens is 2. The third-order valence-corrected chi connectivity index (χ3v) is 7.11. The van der Waals surface area contributed by atoms with Crippen LogP contribution in [0.2, 0.25) is 0 Å². The number of hydrogen-bond acceptors (Lipinski definition) is 11. The molecule has 1 fully saturated rings. The Hall–Kier alpha value is -0.980. The highest BCUT2D eigenvalue weighted by Crippen LogP contribution is 2.43. The molecular formula is C17H27ClN3O8PS. The van der Waals surface area contributed by atoms with Gasteiger partial charge in [-0.2, -0.15) is 4.98 Å². The summed E-state index contributed by atoms with van der Waals surface area (Å²) in [5.74, 6) is 0.269. The SMILES string of the molecule is CC(C)(CO)C(=O)SCCO[PH](=O)OC[C@H]1O[C@@H](n2ccc(N)nc2=O)[C@](C)(Cl)[C@@H]1O. The number of ether oxygens (including phenoxy) is 1. The van der Waals surface area contributed by atoms with Crippen LogP contribution in [0.15, 0.2) is 17.1 Å². The molecule has 1 unspecified atom stereocenters. The van der Waals surface area contributed by atoms with Gasteiger partial charge in [-0.25, -0.2) is 4.79 Å². The van der Waals surface area contributed by atoms with E-state index >= 15 is 0 Å². The number of nitrogens with zero attached hydrogens (tertiary/aromatic N) is 2. The number of rotatable bonds is 10. The Labute approximate surface area is 189 Å². The monoisotopic (exact) mass is 499 g/mol. The maximum absolute atomic E-state index is 12.1. The van der Waals surface area contributed by atoms with Crippen LogP contribution < -0.4 is 11.4 Å². The van der Waals surface area contributed by atoms with Crippen molar-refractivity contribution in [1.82, 2.24) is 9.55 Å². The summed E-state index contributed by atoms with van der Waals surface area (Å²) in [4.78, 5) is 26.2. The summed E-state index contributed by atoms with van der Waals surface area (Å²) in [6, 6.07) is 1.39. The van der Waals surface area contributed by atoms with E-state index in [0.29, 0.717) is 0 Å². The van der Waals surface area contributed by atoms with E-state index in [1.165, 1.54) is 19.2 Å². The maximum Gasteiger partial charge on any atom is 0.351 e. The molecule has 1 aliphatic rings. The molecule has 11 nitrogen and oxygen atoms in total. The Morgan fingerprint density at radius 2 is 2.19 bits per heavy atom. The minimum Gasteiger partial charge on any atom is -0.395 e. The van der Waals surface area contributed by atoms with Gasteiger partial charge < -0.3 is 29.7 Å². The average molecular weight is 500 g/mol. The highest BCUT2D eigenvalue weighted by Gasteiger charge is 2.53. The zero-order valence-corrected chi connectivity index (χ0v) is 19.9. The van der Waals surface area contributed by atoms with E-state index in [0.717, 1.165) is 16.3 Å². The molecule has 0 aromatic carbocycles. The van der Waals surface area contributed by atoms with Gasteiger partial charge in [0.1, 0.15) is 22.9 Å². The summed E-state index contributed by atoms with van der Waals surface area (Å²) < 4.78 is 29.0. The standard InChI is InChI=1S/C17H27ClN3O8PS/c1-16(2,9-22)14(24)31-7-6-27-30(26)28-8-10-12(23)17(3,18)13(29-10)21-5-4-11(19)20-15(21)25/h4-5,10,12-13,22-23,30H,6-9H2,1-3H3,(H2,19,20,25)/t10-,12-,13-,17-/m1/s1. The van der Waals surface area contributed by atoms with Gasteiger partial charge in [0.15, 0.2) is 11.3 Å². The lowest BCUT2D eigenvalue weighted by Crippen LogP contribution is -2.42. The summed E-state index contributed by atoms with van der Waals surface area (Å²) in [6.45, 7) is 4.16. The van der Waals surface area contributed by atoms with Crippen molar-refractivity contribution in [1.29, 1.82) is 0 Å². The fourth-order valence-electron chi connectivity index (χ4n) is 2.67. The predicted octanol–water partition coefficient (Wildman–Crippen LogP) is 0.782. The van der Waals surface area contributed by atoms with Crippen LogP contribution in [0.1, 0.15) is 27.0 Å². The fraction of sp³-hybridized carbons (Fsp3) is 0.706. The first-order valence-corrected chi connectivity index (χ1v) is 11.9. The van der Waals surface area contributed by atoms with Crippen LogP contribution in [0.5, 0.6) is 0 Å². The van der Waals surface area contributed by atoms with E-state index in [2.05, 4.69) is 4.98 Å². The summed E-state index contributed by atoms with van der Waals surface area (Å²) in [6.07, 6.45) is -1.92. The number of nitrogens with two attached hydrogens (primary N) is 1. The lowest BCUT2D eigenvalue weighted by Gasteiger charge is -2.26. The van der Waals surface area contributed by atoms with Gasteiger partial charge in [-0.3, -0.25) is 13.9 Å². The molecule has 14 heteroatoms. The molecule has 1 aliphatic heterocycles. The molecule has 0 bridgehead atoms. The Morgan fingerprint density at radius 1 is 1.52 bits per heavy atom. The normalized spacial score (nSPS) is 27.4.